The molecule has 0 radical (unpaired) electrons. The molecule has 1 aliphatic rings. The van der Waals surface area contributed by atoms with Gasteiger partial charge < -0.3 is 19.5 Å². The highest BCUT2D eigenvalue weighted by Gasteiger charge is 2.25. The topological polar surface area (TPSA) is 109 Å². The third-order valence-corrected chi connectivity index (χ3v) is 6.42. The summed E-state index contributed by atoms with van der Waals surface area (Å²) < 4.78 is 5.72. The lowest BCUT2D eigenvalue weighted by Gasteiger charge is -2.35. The van der Waals surface area contributed by atoms with E-state index in [1.54, 1.807) is 23.1 Å². The summed E-state index contributed by atoms with van der Waals surface area (Å²) in [5, 5.41) is 14.7. The van der Waals surface area contributed by atoms with Gasteiger partial charge in [0.05, 0.1) is 4.92 Å². The standard InChI is InChI=1S/C26H21ClN4O5/c27-21-10-5-18(15-22(21)31(34)35)25(32)28-19-6-8-20(9-7-19)29-11-13-30(14-12-29)26(33)24-16-17-3-1-2-4-23(17)36-24/h1-10,15-16H,11-14H2,(H,28,32). The van der Waals surface area contributed by atoms with Gasteiger partial charge >= 0.3 is 0 Å². The van der Waals surface area contributed by atoms with Crippen molar-refractivity contribution in [2.75, 3.05) is 36.4 Å². The van der Waals surface area contributed by atoms with Crippen LogP contribution < -0.4 is 10.2 Å². The maximum Gasteiger partial charge on any atom is 0.289 e. The molecule has 1 aromatic heterocycles. The van der Waals surface area contributed by atoms with Crippen LogP contribution in [0.3, 0.4) is 0 Å². The highest BCUT2D eigenvalue weighted by atomic mass is 35.5. The first-order chi connectivity index (χ1) is 17.4. The van der Waals surface area contributed by atoms with Crippen LogP contribution in [-0.2, 0) is 0 Å². The molecule has 3 aromatic carbocycles. The summed E-state index contributed by atoms with van der Waals surface area (Å²) in [5.41, 5.74) is 2.03. The van der Waals surface area contributed by atoms with Gasteiger partial charge in [-0.2, -0.15) is 0 Å². The molecule has 182 valence electrons. The molecule has 0 aliphatic carbocycles. The number of benzene rings is 3. The fraction of sp³-hybridized carbons (Fsp3) is 0.154. The average molecular weight is 505 g/mol. The van der Waals surface area contributed by atoms with Crippen LogP contribution in [0.2, 0.25) is 5.02 Å². The van der Waals surface area contributed by atoms with Crippen LogP contribution in [0.4, 0.5) is 17.1 Å². The van der Waals surface area contributed by atoms with Gasteiger partial charge in [0.15, 0.2) is 5.76 Å². The Bertz CT molecular complexity index is 1430. The van der Waals surface area contributed by atoms with E-state index in [1.165, 1.54) is 12.1 Å². The number of anilines is 2. The molecule has 9 nitrogen and oxygen atoms in total. The van der Waals surface area contributed by atoms with Crippen LogP contribution in [0, 0.1) is 10.1 Å². The number of para-hydroxylation sites is 1. The third-order valence-electron chi connectivity index (χ3n) is 6.10. The van der Waals surface area contributed by atoms with Gasteiger partial charge in [-0.25, -0.2) is 0 Å². The number of halogens is 1. The molecule has 1 N–H and O–H groups in total. The van der Waals surface area contributed by atoms with Crippen LogP contribution in [-0.4, -0.2) is 47.8 Å². The Morgan fingerprint density at radius 3 is 2.36 bits per heavy atom. The fourth-order valence-corrected chi connectivity index (χ4v) is 4.35. The Labute approximate surface area is 211 Å². The number of furan rings is 1. The van der Waals surface area contributed by atoms with Crippen LogP contribution >= 0.6 is 11.6 Å². The van der Waals surface area contributed by atoms with Gasteiger partial charge in [0, 0.05) is 54.6 Å². The van der Waals surface area contributed by atoms with Crippen molar-refractivity contribution in [2.45, 2.75) is 0 Å². The van der Waals surface area contributed by atoms with Crippen LogP contribution in [0.1, 0.15) is 20.9 Å². The van der Waals surface area contributed by atoms with E-state index in [2.05, 4.69) is 10.2 Å². The van der Waals surface area contributed by atoms with Gasteiger partial charge in [0.25, 0.3) is 17.5 Å². The zero-order valence-corrected chi connectivity index (χ0v) is 19.8. The van der Waals surface area contributed by atoms with E-state index >= 15 is 0 Å². The quantitative estimate of drug-likeness (QED) is 0.295. The molecule has 1 saturated heterocycles. The number of rotatable bonds is 5. The van der Waals surface area contributed by atoms with E-state index in [1.807, 2.05) is 36.4 Å². The second kappa shape index (κ2) is 9.71. The molecule has 0 bridgehead atoms. The van der Waals surface area contributed by atoms with E-state index in [9.17, 15) is 19.7 Å². The maximum absolute atomic E-state index is 12.9. The number of carbonyl (C=O) groups is 2. The van der Waals surface area contributed by atoms with Gasteiger partial charge in [-0.15, -0.1) is 0 Å². The molecular formula is C26H21ClN4O5. The lowest BCUT2D eigenvalue weighted by atomic mass is 10.1. The van der Waals surface area contributed by atoms with Crippen molar-refractivity contribution in [3.63, 3.8) is 0 Å². The minimum absolute atomic E-state index is 0.0275. The van der Waals surface area contributed by atoms with E-state index < -0.39 is 10.8 Å². The Morgan fingerprint density at radius 2 is 1.67 bits per heavy atom. The molecule has 10 heteroatoms. The van der Waals surface area contributed by atoms with E-state index in [0.29, 0.717) is 43.2 Å². The number of nitrogens with one attached hydrogen (secondary N) is 1. The largest absolute Gasteiger partial charge is 0.451 e. The van der Waals surface area contributed by atoms with Crippen molar-refractivity contribution < 1.29 is 18.9 Å². The van der Waals surface area contributed by atoms with Crippen molar-refractivity contribution in [1.29, 1.82) is 0 Å². The van der Waals surface area contributed by atoms with E-state index in [4.69, 9.17) is 16.0 Å². The number of nitro benzene ring substituents is 1. The molecule has 2 heterocycles. The predicted octanol–water partition coefficient (Wildman–Crippen LogP) is 5.21. The third kappa shape index (κ3) is 4.73. The molecule has 0 spiro atoms. The van der Waals surface area contributed by atoms with Crippen LogP contribution in [0.15, 0.2) is 77.2 Å². The second-order valence-electron chi connectivity index (χ2n) is 8.35. The summed E-state index contributed by atoms with van der Waals surface area (Å²) in [7, 11) is 0. The number of amides is 2. The molecule has 0 atom stereocenters. The summed E-state index contributed by atoms with van der Waals surface area (Å²) in [6.45, 7) is 2.44. The molecule has 2 amide bonds. The van der Waals surface area contributed by atoms with Crippen LogP contribution in [0.25, 0.3) is 11.0 Å². The monoisotopic (exact) mass is 504 g/mol. The summed E-state index contributed by atoms with van der Waals surface area (Å²) in [6.07, 6.45) is 0. The van der Waals surface area contributed by atoms with Crippen molar-refractivity contribution in [3.8, 4) is 0 Å². The van der Waals surface area contributed by atoms with E-state index in [0.717, 1.165) is 17.1 Å². The molecule has 1 fully saturated rings. The highest BCUT2D eigenvalue weighted by molar-refractivity contribution is 6.32. The maximum atomic E-state index is 12.9. The number of nitrogens with zero attached hydrogens (tertiary/aromatic N) is 3. The van der Waals surface area contributed by atoms with Gasteiger partial charge in [-0.3, -0.25) is 19.7 Å². The zero-order valence-electron chi connectivity index (χ0n) is 19.0. The van der Waals surface area contributed by atoms with Gasteiger partial charge in [-0.05, 0) is 48.5 Å². The second-order valence-corrected chi connectivity index (χ2v) is 8.76. The summed E-state index contributed by atoms with van der Waals surface area (Å²) in [6, 6.07) is 20.5. The van der Waals surface area contributed by atoms with Crippen molar-refractivity contribution in [3.05, 3.63) is 99.3 Å². The number of nitro groups is 1. The minimum Gasteiger partial charge on any atom is -0.451 e. The van der Waals surface area contributed by atoms with Crippen LogP contribution in [0.5, 0.6) is 0 Å². The average Bonchev–Trinajstić information content (AvgIpc) is 3.33. The molecule has 0 saturated carbocycles. The fourth-order valence-electron chi connectivity index (χ4n) is 4.16. The Kier molecular flexibility index (Phi) is 6.30. The molecular weight excluding hydrogens is 484 g/mol. The SMILES string of the molecule is O=C(Nc1ccc(N2CCN(C(=O)c3cc4ccccc4o3)CC2)cc1)c1ccc(Cl)c([N+](=O)[O-])c1. The predicted molar refractivity (Wildman–Crippen MR) is 137 cm³/mol. The van der Waals surface area contributed by atoms with Crippen molar-refractivity contribution in [2.24, 2.45) is 0 Å². The molecule has 5 rings (SSSR count). The first kappa shape index (κ1) is 23.4. The Hall–Kier alpha value is -4.37. The molecule has 36 heavy (non-hydrogen) atoms. The molecule has 0 unspecified atom stereocenters. The number of piperazine rings is 1. The van der Waals surface area contributed by atoms with Crippen molar-refractivity contribution >= 4 is 51.4 Å². The Balaban J connectivity index is 1.19. The highest BCUT2D eigenvalue weighted by Crippen LogP contribution is 2.26. The summed E-state index contributed by atoms with van der Waals surface area (Å²) in [5.74, 6) is -0.248. The number of carbonyl (C=O) groups excluding carboxylic acids is 2. The first-order valence-electron chi connectivity index (χ1n) is 11.3. The lowest BCUT2D eigenvalue weighted by molar-refractivity contribution is -0.384. The van der Waals surface area contributed by atoms with Gasteiger partial charge in [0.2, 0.25) is 0 Å². The number of fused-ring (bicyclic) bond motifs is 1. The number of hydrogen-bond donors (Lipinski definition) is 1. The first-order valence-corrected chi connectivity index (χ1v) is 11.6. The van der Waals surface area contributed by atoms with Gasteiger partial charge in [-0.1, -0.05) is 29.8 Å². The summed E-state index contributed by atoms with van der Waals surface area (Å²) >= 11 is 5.82. The smallest absolute Gasteiger partial charge is 0.289 e. The number of hydrogen-bond acceptors (Lipinski definition) is 6. The van der Waals surface area contributed by atoms with Gasteiger partial charge in [0.1, 0.15) is 10.6 Å². The zero-order chi connectivity index (χ0) is 25.2. The lowest BCUT2D eigenvalue weighted by Crippen LogP contribution is -2.48. The Morgan fingerprint density at radius 1 is 0.944 bits per heavy atom. The van der Waals surface area contributed by atoms with Crippen molar-refractivity contribution in [1.82, 2.24) is 4.90 Å². The minimum atomic E-state index is -0.627. The molecule has 4 aromatic rings. The summed E-state index contributed by atoms with van der Waals surface area (Å²) in [4.78, 5) is 39.8. The van der Waals surface area contributed by atoms with E-state index in [-0.39, 0.29) is 22.2 Å². The molecule has 1 aliphatic heterocycles. The normalized spacial score (nSPS) is 13.6.